The van der Waals surface area contributed by atoms with Crippen molar-refractivity contribution in [2.24, 2.45) is 11.8 Å². The molecule has 1 amide bonds. The minimum Gasteiger partial charge on any atom is -0.355 e. The number of amides is 1. The summed E-state index contributed by atoms with van der Waals surface area (Å²) in [4.78, 5) is 26.3. The minimum absolute atomic E-state index is 0.0182. The van der Waals surface area contributed by atoms with Crippen molar-refractivity contribution in [1.29, 1.82) is 0 Å². The minimum atomic E-state index is 0.0182. The number of fused-ring (bicyclic) bond motifs is 1. The van der Waals surface area contributed by atoms with Gasteiger partial charge in [0.25, 0.3) is 5.71 Å². The molecule has 0 N–H and O–H groups in total. The van der Waals surface area contributed by atoms with Gasteiger partial charge in [0.05, 0.1) is 11.6 Å². The molecule has 7 nitrogen and oxygen atoms in total. The van der Waals surface area contributed by atoms with Crippen LogP contribution in [0.5, 0.6) is 0 Å². The van der Waals surface area contributed by atoms with E-state index in [2.05, 4.69) is 55.3 Å². The molecule has 2 saturated heterocycles. The fourth-order valence-corrected chi connectivity index (χ4v) is 5.08. The lowest BCUT2D eigenvalue weighted by molar-refractivity contribution is -0.137. The lowest BCUT2D eigenvalue weighted by Gasteiger charge is -2.38. The Morgan fingerprint density at radius 2 is 1.90 bits per heavy atom. The van der Waals surface area contributed by atoms with Crippen LogP contribution in [0.25, 0.3) is 11.1 Å². The van der Waals surface area contributed by atoms with E-state index in [1.54, 1.807) is 0 Å². The number of aryl methyl sites for hydroxylation is 1. The number of nitrogens with zero attached hydrogens (tertiary/aromatic N) is 5. The molecule has 0 bridgehead atoms. The number of rotatable bonds is 4. The van der Waals surface area contributed by atoms with Crippen molar-refractivity contribution in [2.75, 3.05) is 31.1 Å². The van der Waals surface area contributed by atoms with Gasteiger partial charge in [0.15, 0.2) is 0 Å². The van der Waals surface area contributed by atoms with Crippen molar-refractivity contribution in [3.63, 3.8) is 0 Å². The molecule has 1 aromatic carbocycles. The van der Waals surface area contributed by atoms with Crippen LogP contribution in [0.1, 0.15) is 36.9 Å². The second-order valence-electron chi connectivity index (χ2n) is 8.89. The smallest absolute Gasteiger partial charge is 0.263 e. The maximum atomic E-state index is 13.3. The van der Waals surface area contributed by atoms with Crippen LogP contribution < -0.4 is 4.90 Å². The predicted molar refractivity (Wildman–Crippen MR) is 119 cm³/mol. The van der Waals surface area contributed by atoms with Crippen LogP contribution in [0.15, 0.2) is 41.2 Å². The van der Waals surface area contributed by atoms with Crippen LogP contribution in [-0.4, -0.2) is 52.1 Å². The molecule has 2 aliphatic heterocycles. The largest absolute Gasteiger partial charge is 0.355 e. The van der Waals surface area contributed by atoms with E-state index in [4.69, 9.17) is 4.52 Å². The maximum absolute atomic E-state index is 13.3. The molecule has 1 atom stereocenters. The molecule has 4 heterocycles. The van der Waals surface area contributed by atoms with E-state index in [0.717, 1.165) is 68.6 Å². The van der Waals surface area contributed by atoms with Gasteiger partial charge in [-0.25, -0.2) is 4.98 Å². The quantitative estimate of drug-likeness (QED) is 0.643. The van der Waals surface area contributed by atoms with E-state index >= 15 is 0 Å². The molecule has 162 valence electrons. The molecular weight excluding hydrogens is 390 g/mol. The van der Waals surface area contributed by atoms with Crippen molar-refractivity contribution < 1.29 is 9.32 Å². The molecule has 2 aliphatic rings. The molecule has 2 aromatic heterocycles. The van der Waals surface area contributed by atoms with E-state index in [9.17, 15) is 4.79 Å². The van der Waals surface area contributed by atoms with Crippen molar-refractivity contribution in [1.82, 2.24) is 20.0 Å². The average Bonchev–Trinajstić information content (AvgIpc) is 3.21. The first-order chi connectivity index (χ1) is 15.2. The Bertz CT molecular complexity index is 1040. The Hall–Kier alpha value is -2.96. The number of carbonyl (C=O) groups excluding carboxylic acids is 1. The molecule has 5 rings (SSSR count). The lowest BCUT2D eigenvalue weighted by Crippen LogP contribution is -2.47. The van der Waals surface area contributed by atoms with Crippen LogP contribution in [0, 0.1) is 18.8 Å². The monoisotopic (exact) mass is 419 g/mol. The van der Waals surface area contributed by atoms with E-state index in [1.165, 1.54) is 11.9 Å². The van der Waals surface area contributed by atoms with Gasteiger partial charge < -0.3 is 14.3 Å². The summed E-state index contributed by atoms with van der Waals surface area (Å²) in [5.74, 6) is 1.82. The van der Waals surface area contributed by atoms with Gasteiger partial charge >= 0.3 is 0 Å². The number of hydrogen-bond donors (Lipinski definition) is 0. The molecule has 2 fully saturated rings. The highest BCUT2D eigenvalue weighted by Crippen LogP contribution is 2.31. The molecule has 0 unspecified atom stereocenters. The Kier molecular flexibility index (Phi) is 5.57. The second-order valence-corrected chi connectivity index (χ2v) is 8.89. The molecule has 0 radical (unpaired) electrons. The third-order valence-corrected chi connectivity index (χ3v) is 6.79. The first-order valence-corrected chi connectivity index (χ1v) is 11.3. The summed E-state index contributed by atoms with van der Waals surface area (Å²) in [6.45, 7) is 5.23. The van der Waals surface area contributed by atoms with Crippen LogP contribution in [-0.2, 0) is 11.2 Å². The average molecular weight is 420 g/mol. The van der Waals surface area contributed by atoms with E-state index in [-0.39, 0.29) is 5.92 Å². The Labute approximate surface area is 182 Å². The zero-order chi connectivity index (χ0) is 21.2. The number of benzene rings is 1. The summed E-state index contributed by atoms with van der Waals surface area (Å²) >= 11 is 0. The lowest BCUT2D eigenvalue weighted by atomic mass is 9.89. The number of likely N-dealkylation sites (tertiary alicyclic amines) is 1. The third kappa shape index (κ3) is 4.13. The second kappa shape index (κ2) is 8.65. The topological polar surface area (TPSA) is 75.4 Å². The van der Waals surface area contributed by atoms with E-state index < -0.39 is 0 Å². The van der Waals surface area contributed by atoms with Crippen molar-refractivity contribution >= 4 is 22.8 Å². The van der Waals surface area contributed by atoms with Gasteiger partial charge in [-0.05, 0) is 50.5 Å². The third-order valence-electron chi connectivity index (χ3n) is 6.79. The fourth-order valence-electron chi connectivity index (χ4n) is 5.08. The van der Waals surface area contributed by atoms with Gasteiger partial charge in [-0.15, -0.1) is 0 Å². The number of anilines is 1. The Morgan fingerprint density at radius 3 is 2.71 bits per heavy atom. The van der Waals surface area contributed by atoms with Crippen LogP contribution in [0.4, 0.5) is 5.82 Å². The van der Waals surface area contributed by atoms with Crippen molar-refractivity contribution in [3.8, 4) is 0 Å². The summed E-state index contributed by atoms with van der Waals surface area (Å²) < 4.78 is 5.30. The maximum Gasteiger partial charge on any atom is 0.263 e. The summed E-state index contributed by atoms with van der Waals surface area (Å²) in [5, 5.41) is 4.90. The molecule has 0 spiro atoms. The van der Waals surface area contributed by atoms with E-state index in [0.29, 0.717) is 24.1 Å². The Balaban J connectivity index is 1.22. The van der Waals surface area contributed by atoms with Gasteiger partial charge in [-0.2, -0.15) is 4.98 Å². The molecule has 7 heteroatoms. The normalized spacial score (nSPS) is 20.4. The predicted octanol–water partition coefficient (Wildman–Crippen LogP) is 3.62. The van der Waals surface area contributed by atoms with Crippen molar-refractivity contribution in [2.45, 2.75) is 39.0 Å². The summed E-state index contributed by atoms with van der Waals surface area (Å²) in [6, 6.07) is 10.7. The first kappa shape index (κ1) is 20.0. The fraction of sp³-hybridized carbons (Fsp3) is 0.500. The van der Waals surface area contributed by atoms with Gasteiger partial charge in [-0.1, -0.05) is 35.5 Å². The van der Waals surface area contributed by atoms with E-state index in [1.807, 2.05) is 6.92 Å². The van der Waals surface area contributed by atoms with Crippen LogP contribution in [0.2, 0.25) is 0 Å². The number of aromatic nitrogens is 3. The number of hydrogen-bond acceptors (Lipinski definition) is 6. The number of carbonyl (C=O) groups is 1. The Morgan fingerprint density at radius 1 is 1.10 bits per heavy atom. The van der Waals surface area contributed by atoms with Crippen LogP contribution in [0.3, 0.4) is 0 Å². The van der Waals surface area contributed by atoms with Crippen LogP contribution >= 0.6 is 0 Å². The van der Waals surface area contributed by atoms with Gasteiger partial charge in [-0.3, -0.25) is 4.79 Å². The first-order valence-electron chi connectivity index (χ1n) is 11.3. The highest BCUT2D eigenvalue weighted by atomic mass is 16.5. The summed E-state index contributed by atoms with van der Waals surface area (Å²) in [6.07, 6.45) is 6.73. The van der Waals surface area contributed by atoms with Gasteiger partial charge in [0.1, 0.15) is 17.5 Å². The summed E-state index contributed by atoms with van der Waals surface area (Å²) in [5.41, 5.74) is 2.70. The zero-order valence-corrected chi connectivity index (χ0v) is 18.0. The highest BCUT2D eigenvalue weighted by molar-refractivity contribution is 5.88. The molecule has 31 heavy (non-hydrogen) atoms. The SMILES string of the molecule is Cc1noc2ncnc(N3CCC[C@H](C(=O)N4CCC(Cc5ccccc5)CC4)C3)c12. The summed E-state index contributed by atoms with van der Waals surface area (Å²) in [7, 11) is 0. The highest BCUT2D eigenvalue weighted by Gasteiger charge is 2.33. The standard InChI is InChI=1S/C24H29N5O2/c1-17-21-22(25-16-26-23(21)31-27-17)29-11-5-8-20(15-29)24(30)28-12-9-19(10-13-28)14-18-6-3-2-4-7-18/h2-4,6-7,16,19-20H,5,8-15H2,1H3/t20-/m0/s1. The molecular formula is C24H29N5O2. The molecule has 0 saturated carbocycles. The number of piperidine rings is 2. The zero-order valence-electron chi connectivity index (χ0n) is 18.0. The molecule has 3 aromatic rings. The molecule has 0 aliphatic carbocycles. The van der Waals surface area contributed by atoms with Gasteiger partial charge in [0.2, 0.25) is 5.91 Å². The van der Waals surface area contributed by atoms with Crippen molar-refractivity contribution in [3.05, 3.63) is 47.9 Å². The van der Waals surface area contributed by atoms with Gasteiger partial charge in [0, 0.05) is 26.2 Å².